The largest absolute Gasteiger partial charge is 0.481 e. The van der Waals surface area contributed by atoms with E-state index in [2.05, 4.69) is 0 Å². The van der Waals surface area contributed by atoms with E-state index in [1.807, 2.05) is 30.3 Å². The van der Waals surface area contributed by atoms with Crippen LogP contribution < -0.4 is 0 Å². The Kier molecular flexibility index (Phi) is 5.77. The van der Waals surface area contributed by atoms with Gasteiger partial charge in [0, 0.05) is 10.9 Å². The van der Waals surface area contributed by atoms with Gasteiger partial charge in [-0.05, 0) is 23.3 Å². The molecule has 0 unspecified atom stereocenters. The zero-order chi connectivity index (χ0) is 16.8. The van der Waals surface area contributed by atoms with Crippen molar-refractivity contribution < 1.29 is 19.4 Å². The topological polar surface area (TPSA) is 63.6 Å². The van der Waals surface area contributed by atoms with Gasteiger partial charge in [0.25, 0.3) is 0 Å². The Balaban J connectivity index is 2.46. The lowest BCUT2D eigenvalue weighted by molar-refractivity contribution is -0.142. The van der Waals surface area contributed by atoms with Gasteiger partial charge in [-0.3, -0.25) is 9.59 Å². The van der Waals surface area contributed by atoms with Gasteiger partial charge in [0.05, 0.1) is 19.4 Å². The first-order valence-electron chi connectivity index (χ1n) is 7.13. The van der Waals surface area contributed by atoms with Crippen molar-refractivity contribution in [1.82, 2.24) is 0 Å². The monoisotopic (exact) mass is 332 g/mol. The standard InChI is InChI=1S/C18H17ClO4/c1-23-16(20)11-15(12-5-3-2-4-6-12)17(18(21)22)13-7-9-14(19)10-8-13/h2-10,15,17H,11H2,1H3,(H,21,22)/t15-,17+/m0/s1. The summed E-state index contributed by atoms with van der Waals surface area (Å²) in [4.78, 5) is 23.7. The van der Waals surface area contributed by atoms with Crippen LogP contribution in [0.1, 0.15) is 29.4 Å². The van der Waals surface area contributed by atoms with Crippen LogP contribution in [0.25, 0.3) is 0 Å². The molecule has 4 nitrogen and oxygen atoms in total. The Hall–Kier alpha value is -2.33. The van der Waals surface area contributed by atoms with E-state index in [0.29, 0.717) is 10.6 Å². The number of benzene rings is 2. The molecule has 2 aromatic rings. The zero-order valence-electron chi connectivity index (χ0n) is 12.6. The molecule has 0 radical (unpaired) electrons. The summed E-state index contributed by atoms with van der Waals surface area (Å²) in [6, 6.07) is 15.8. The molecule has 2 rings (SSSR count). The molecule has 0 bridgehead atoms. The number of esters is 1. The molecule has 2 aromatic carbocycles. The molecule has 0 amide bonds. The number of carbonyl (C=O) groups excluding carboxylic acids is 1. The Morgan fingerprint density at radius 1 is 1.04 bits per heavy atom. The van der Waals surface area contributed by atoms with Gasteiger partial charge in [0.15, 0.2) is 0 Å². The molecule has 1 N–H and O–H groups in total. The summed E-state index contributed by atoms with van der Waals surface area (Å²) < 4.78 is 4.73. The summed E-state index contributed by atoms with van der Waals surface area (Å²) in [5.41, 5.74) is 1.37. The van der Waals surface area contributed by atoms with E-state index in [-0.39, 0.29) is 6.42 Å². The molecule has 0 fully saturated rings. The van der Waals surface area contributed by atoms with Crippen LogP contribution in [0.15, 0.2) is 54.6 Å². The van der Waals surface area contributed by atoms with Crippen LogP contribution >= 0.6 is 11.6 Å². The summed E-state index contributed by atoms with van der Waals surface area (Å²) in [6.45, 7) is 0. The smallest absolute Gasteiger partial charge is 0.311 e. The lowest BCUT2D eigenvalue weighted by Crippen LogP contribution is -2.23. The van der Waals surface area contributed by atoms with Crippen molar-refractivity contribution in [2.75, 3.05) is 7.11 Å². The molecule has 0 spiro atoms. The summed E-state index contributed by atoms with van der Waals surface area (Å²) in [5, 5.41) is 10.3. The molecule has 0 heterocycles. The Bertz CT molecular complexity index is 667. The fraction of sp³-hybridized carbons (Fsp3) is 0.222. The number of methoxy groups -OCH3 is 1. The van der Waals surface area contributed by atoms with E-state index in [4.69, 9.17) is 16.3 Å². The number of carboxylic acids is 1. The van der Waals surface area contributed by atoms with Crippen molar-refractivity contribution in [1.29, 1.82) is 0 Å². The highest BCUT2D eigenvalue weighted by molar-refractivity contribution is 6.30. The third kappa shape index (κ3) is 4.33. The summed E-state index contributed by atoms with van der Waals surface area (Å²) in [5.74, 6) is -2.83. The maximum absolute atomic E-state index is 11.9. The van der Waals surface area contributed by atoms with Crippen LogP contribution in [0.2, 0.25) is 5.02 Å². The second kappa shape index (κ2) is 7.79. The van der Waals surface area contributed by atoms with E-state index in [9.17, 15) is 14.7 Å². The third-order valence-electron chi connectivity index (χ3n) is 3.74. The molecule has 0 saturated carbocycles. The number of hydrogen-bond donors (Lipinski definition) is 1. The highest BCUT2D eigenvalue weighted by Gasteiger charge is 2.33. The Morgan fingerprint density at radius 2 is 1.65 bits per heavy atom. The van der Waals surface area contributed by atoms with Gasteiger partial charge in [-0.2, -0.15) is 0 Å². The van der Waals surface area contributed by atoms with E-state index in [1.54, 1.807) is 24.3 Å². The van der Waals surface area contributed by atoms with E-state index in [1.165, 1.54) is 7.11 Å². The highest BCUT2D eigenvalue weighted by Crippen LogP contribution is 2.36. The predicted octanol–water partition coefficient (Wildman–Crippen LogP) is 3.86. The van der Waals surface area contributed by atoms with E-state index < -0.39 is 23.8 Å². The second-order valence-electron chi connectivity index (χ2n) is 5.16. The normalized spacial score (nSPS) is 13.1. The number of halogens is 1. The number of ether oxygens (including phenoxy) is 1. The van der Waals surface area contributed by atoms with E-state index >= 15 is 0 Å². The maximum atomic E-state index is 11.9. The molecule has 0 saturated heterocycles. The highest BCUT2D eigenvalue weighted by atomic mass is 35.5. The van der Waals surface area contributed by atoms with Crippen LogP contribution in [0.4, 0.5) is 0 Å². The van der Waals surface area contributed by atoms with Gasteiger partial charge in [0.2, 0.25) is 0 Å². The predicted molar refractivity (Wildman–Crippen MR) is 87.6 cm³/mol. The van der Waals surface area contributed by atoms with E-state index in [0.717, 1.165) is 5.56 Å². The van der Waals surface area contributed by atoms with Gasteiger partial charge in [0.1, 0.15) is 0 Å². The lowest BCUT2D eigenvalue weighted by Gasteiger charge is -2.24. The van der Waals surface area contributed by atoms with Crippen molar-refractivity contribution in [2.24, 2.45) is 0 Å². The number of hydrogen-bond acceptors (Lipinski definition) is 3. The number of rotatable bonds is 6. The van der Waals surface area contributed by atoms with Crippen molar-refractivity contribution in [3.8, 4) is 0 Å². The molecular weight excluding hydrogens is 316 g/mol. The van der Waals surface area contributed by atoms with Crippen LogP contribution in [0, 0.1) is 0 Å². The van der Waals surface area contributed by atoms with Crippen molar-refractivity contribution >= 4 is 23.5 Å². The van der Waals surface area contributed by atoms with Crippen molar-refractivity contribution in [3.63, 3.8) is 0 Å². The fourth-order valence-corrected chi connectivity index (χ4v) is 2.73. The molecule has 5 heteroatoms. The molecule has 0 aliphatic heterocycles. The molecular formula is C18H17ClO4. The lowest BCUT2D eigenvalue weighted by atomic mass is 9.79. The SMILES string of the molecule is COC(=O)C[C@@H](c1ccccc1)[C@H](C(=O)O)c1ccc(Cl)cc1. The van der Waals surface area contributed by atoms with Gasteiger partial charge >= 0.3 is 11.9 Å². The quantitative estimate of drug-likeness (QED) is 0.816. The van der Waals surface area contributed by atoms with Gasteiger partial charge in [-0.15, -0.1) is 0 Å². The van der Waals surface area contributed by atoms with Gasteiger partial charge in [-0.1, -0.05) is 54.1 Å². The van der Waals surface area contributed by atoms with Crippen LogP contribution in [0.5, 0.6) is 0 Å². The zero-order valence-corrected chi connectivity index (χ0v) is 13.4. The molecule has 2 atom stereocenters. The van der Waals surface area contributed by atoms with Gasteiger partial charge in [-0.25, -0.2) is 0 Å². The number of aliphatic carboxylic acids is 1. The van der Waals surface area contributed by atoms with Crippen LogP contribution in [-0.4, -0.2) is 24.2 Å². The van der Waals surface area contributed by atoms with Crippen LogP contribution in [-0.2, 0) is 14.3 Å². The molecule has 0 aliphatic carbocycles. The van der Waals surface area contributed by atoms with Crippen LogP contribution in [0.3, 0.4) is 0 Å². The summed E-state index contributed by atoms with van der Waals surface area (Å²) in [6.07, 6.45) is -0.0138. The first-order valence-corrected chi connectivity index (χ1v) is 7.50. The fourth-order valence-electron chi connectivity index (χ4n) is 2.61. The average Bonchev–Trinajstić information content (AvgIpc) is 2.56. The minimum Gasteiger partial charge on any atom is -0.481 e. The Morgan fingerprint density at radius 3 is 2.17 bits per heavy atom. The van der Waals surface area contributed by atoms with Crippen molar-refractivity contribution in [2.45, 2.75) is 18.3 Å². The second-order valence-corrected chi connectivity index (χ2v) is 5.60. The maximum Gasteiger partial charge on any atom is 0.311 e. The van der Waals surface area contributed by atoms with Crippen molar-refractivity contribution in [3.05, 3.63) is 70.7 Å². The van der Waals surface area contributed by atoms with Gasteiger partial charge < -0.3 is 9.84 Å². The molecule has 120 valence electrons. The minimum atomic E-state index is -0.995. The molecule has 0 aromatic heterocycles. The third-order valence-corrected chi connectivity index (χ3v) is 3.99. The molecule has 23 heavy (non-hydrogen) atoms. The Labute approximate surface area is 139 Å². The number of carbonyl (C=O) groups is 2. The first kappa shape index (κ1) is 17.0. The average molecular weight is 333 g/mol. The number of carboxylic acid groups (broad SMARTS) is 1. The minimum absolute atomic E-state index is 0.0138. The first-order chi connectivity index (χ1) is 11.0. The summed E-state index contributed by atoms with van der Waals surface area (Å²) >= 11 is 5.88. The molecule has 0 aliphatic rings. The summed E-state index contributed by atoms with van der Waals surface area (Å²) in [7, 11) is 1.29.